The molecule has 0 amide bonds. The maximum absolute atomic E-state index is 12.5. The Labute approximate surface area is 148 Å². The lowest BCUT2D eigenvalue weighted by atomic mass is 9.87. The van der Waals surface area contributed by atoms with Crippen molar-refractivity contribution in [3.8, 4) is 5.75 Å². The fourth-order valence-corrected chi connectivity index (χ4v) is 3.09. The number of aromatic nitrogens is 1. The lowest BCUT2D eigenvalue weighted by molar-refractivity contribution is -0.139. The molecule has 0 saturated heterocycles. The number of fused-ring (bicyclic) bond motifs is 1. The molecule has 1 aromatic heterocycles. The molecule has 5 heteroatoms. The third kappa shape index (κ3) is 4.56. The number of carboxylic acids is 1. The summed E-state index contributed by atoms with van der Waals surface area (Å²) in [4.78, 5) is 27.9. The molecule has 1 heterocycles. The normalized spacial score (nSPS) is 12.1. The highest BCUT2D eigenvalue weighted by Crippen LogP contribution is 2.32. The topological polar surface area (TPSA) is 76.5 Å². The van der Waals surface area contributed by atoms with E-state index < -0.39 is 12.6 Å². The molecule has 2 rings (SSSR count). The van der Waals surface area contributed by atoms with Crippen molar-refractivity contribution in [3.63, 3.8) is 0 Å². The monoisotopic (exact) mass is 343 g/mol. The Bertz CT molecular complexity index is 770. The smallest absolute Gasteiger partial charge is 0.341 e. The number of ether oxygens (including phenoxy) is 1. The van der Waals surface area contributed by atoms with Gasteiger partial charge in [-0.15, -0.1) is 0 Å². The van der Waals surface area contributed by atoms with Gasteiger partial charge in [-0.3, -0.25) is 4.79 Å². The molecule has 5 nitrogen and oxygen atoms in total. The van der Waals surface area contributed by atoms with E-state index in [1.807, 2.05) is 32.0 Å². The van der Waals surface area contributed by atoms with Gasteiger partial charge in [-0.05, 0) is 37.5 Å². The number of carbonyl (C=O) groups excluding carboxylic acids is 1. The van der Waals surface area contributed by atoms with Crippen LogP contribution in [0.15, 0.2) is 24.3 Å². The number of para-hydroxylation sites is 1. The zero-order valence-corrected chi connectivity index (χ0v) is 15.0. The second-order valence-corrected chi connectivity index (χ2v) is 6.23. The van der Waals surface area contributed by atoms with Crippen molar-refractivity contribution in [1.29, 1.82) is 0 Å². The maximum Gasteiger partial charge on any atom is 0.341 e. The van der Waals surface area contributed by atoms with Crippen LogP contribution in [-0.2, 0) is 9.59 Å². The molecule has 0 saturated carbocycles. The molecule has 0 bridgehead atoms. The van der Waals surface area contributed by atoms with Crippen molar-refractivity contribution in [3.05, 3.63) is 35.5 Å². The van der Waals surface area contributed by atoms with Crippen LogP contribution in [0.25, 0.3) is 10.9 Å². The van der Waals surface area contributed by atoms with Gasteiger partial charge in [-0.25, -0.2) is 9.78 Å². The van der Waals surface area contributed by atoms with E-state index in [4.69, 9.17) is 9.84 Å². The van der Waals surface area contributed by atoms with Gasteiger partial charge in [0.2, 0.25) is 0 Å². The zero-order chi connectivity index (χ0) is 18.4. The van der Waals surface area contributed by atoms with Crippen LogP contribution >= 0.6 is 0 Å². The van der Waals surface area contributed by atoms with Crippen molar-refractivity contribution in [1.82, 2.24) is 4.98 Å². The van der Waals surface area contributed by atoms with E-state index in [0.29, 0.717) is 17.7 Å². The zero-order valence-electron chi connectivity index (χ0n) is 15.0. The number of benzene rings is 1. The van der Waals surface area contributed by atoms with Gasteiger partial charge in [-0.2, -0.15) is 0 Å². The van der Waals surface area contributed by atoms with Crippen LogP contribution in [0.4, 0.5) is 0 Å². The van der Waals surface area contributed by atoms with Crippen molar-refractivity contribution in [2.24, 2.45) is 0 Å². The quantitative estimate of drug-likeness (QED) is 0.736. The van der Waals surface area contributed by atoms with Crippen LogP contribution in [0.2, 0.25) is 0 Å². The molecule has 1 N–H and O–H groups in total. The first-order chi connectivity index (χ1) is 12.0. The third-order valence-corrected chi connectivity index (χ3v) is 4.23. The summed E-state index contributed by atoms with van der Waals surface area (Å²) in [6, 6.07) is 7.43. The molecule has 1 atom stereocenters. The van der Waals surface area contributed by atoms with Crippen LogP contribution in [0.1, 0.15) is 56.7 Å². The Hall–Kier alpha value is -2.43. The standard InChI is InChI=1S/C20H25NO4/c1-4-7-15(17(22)8-5-2)16-11-14-9-6-10-18(25-12-19(23)24)20(14)21-13(16)3/h6,9-11,15H,4-5,7-8,12H2,1-3H3,(H,23,24). The van der Waals surface area contributed by atoms with Gasteiger partial charge in [0.25, 0.3) is 0 Å². The largest absolute Gasteiger partial charge is 0.480 e. The summed E-state index contributed by atoms with van der Waals surface area (Å²) < 4.78 is 5.34. The predicted octanol–water partition coefficient (Wildman–Crippen LogP) is 4.26. The van der Waals surface area contributed by atoms with Crippen LogP contribution in [0.3, 0.4) is 0 Å². The molecule has 25 heavy (non-hydrogen) atoms. The minimum atomic E-state index is -1.03. The van der Waals surface area contributed by atoms with E-state index in [-0.39, 0.29) is 11.7 Å². The van der Waals surface area contributed by atoms with E-state index in [0.717, 1.165) is 35.9 Å². The van der Waals surface area contributed by atoms with Crippen molar-refractivity contribution in [2.45, 2.75) is 52.4 Å². The van der Waals surface area contributed by atoms with Crippen LogP contribution in [0.5, 0.6) is 5.75 Å². The Morgan fingerprint density at radius 2 is 2.00 bits per heavy atom. The highest BCUT2D eigenvalue weighted by molar-refractivity contribution is 5.90. The number of rotatable bonds is 9. The molecular weight excluding hydrogens is 318 g/mol. The molecule has 134 valence electrons. The van der Waals surface area contributed by atoms with E-state index >= 15 is 0 Å². The third-order valence-electron chi connectivity index (χ3n) is 4.23. The Morgan fingerprint density at radius 1 is 1.24 bits per heavy atom. The number of carbonyl (C=O) groups is 2. The van der Waals surface area contributed by atoms with Crippen LogP contribution in [-0.4, -0.2) is 28.4 Å². The highest BCUT2D eigenvalue weighted by Gasteiger charge is 2.22. The molecule has 1 aromatic carbocycles. The summed E-state index contributed by atoms with van der Waals surface area (Å²) in [7, 11) is 0. The number of carboxylic acid groups (broad SMARTS) is 1. The van der Waals surface area contributed by atoms with Gasteiger partial charge in [-0.1, -0.05) is 32.4 Å². The number of aliphatic carboxylic acids is 1. The second-order valence-electron chi connectivity index (χ2n) is 6.23. The molecule has 0 aliphatic rings. The minimum Gasteiger partial charge on any atom is -0.480 e. The fourth-order valence-electron chi connectivity index (χ4n) is 3.09. The van der Waals surface area contributed by atoms with Gasteiger partial charge in [0.1, 0.15) is 17.0 Å². The number of hydrogen-bond acceptors (Lipinski definition) is 4. The van der Waals surface area contributed by atoms with Crippen LogP contribution < -0.4 is 4.74 Å². The average molecular weight is 343 g/mol. The number of ketones is 1. The van der Waals surface area contributed by atoms with Gasteiger partial charge in [0, 0.05) is 23.4 Å². The van der Waals surface area contributed by atoms with Crippen molar-refractivity contribution < 1.29 is 19.4 Å². The first-order valence-electron chi connectivity index (χ1n) is 8.75. The Balaban J connectivity index is 2.46. The van der Waals surface area contributed by atoms with E-state index in [2.05, 4.69) is 11.9 Å². The summed E-state index contributed by atoms with van der Waals surface area (Å²) >= 11 is 0. The Kier molecular flexibility index (Phi) is 6.51. The molecule has 1 unspecified atom stereocenters. The summed E-state index contributed by atoms with van der Waals surface area (Å²) in [5.74, 6) is -0.461. The second kappa shape index (κ2) is 8.60. The van der Waals surface area contributed by atoms with E-state index in [9.17, 15) is 9.59 Å². The maximum atomic E-state index is 12.5. The highest BCUT2D eigenvalue weighted by atomic mass is 16.5. The molecule has 0 aliphatic carbocycles. The average Bonchev–Trinajstić information content (AvgIpc) is 2.57. The molecule has 0 aliphatic heterocycles. The summed E-state index contributed by atoms with van der Waals surface area (Å²) in [5, 5.41) is 9.66. The number of pyridine rings is 1. The number of nitrogens with zero attached hydrogens (tertiary/aromatic N) is 1. The molecule has 0 fully saturated rings. The van der Waals surface area contributed by atoms with Gasteiger partial charge < -0.3 is 9.84 Å². The van der Waals surface area contributed by atoms with Gasteiger partial charge in [0.15, 0.2) is 6.61 Å². The molecule has 0 radical (unpaired) electrons. The van der Waals surface area contributed by atoms with Crippen molar-refractivity contribution in [2.75, 3.05) is 6.61 Å². The van der Waals surface area contributed by atoms with Crippen molar-refractivity contribution >= 4 is 22.7 Å². The molecular formula is C20H25NO4. The van der Waals surface area contributed by atoms with E-state index in [1.54, 1.807) is 6.07 Å². The number of aryl methyl sites for hydroxylation is 1. The summed E-state index contributed by atoms with van der Waals surface area (Å²) in [5.41, 5.74) is 2.38. The molecule has 2 aromatic rings. The first-order valence-corrected chi connectivity index (χ1v) is 8.75. The van der Waals surface area contributed by atoms with Gasteiger partial charge in [0.05, 0.1) is 0 Å². The molecule has 0 spiro atoms. The predicted molar refractivity (Wildman–Crippen MR) is 97.2 cm³/mol. The summed E-state index contributed by atoms with van der Waals surface area (Å²) in [6.45, 7) is 5.58. The number of hydrogen-bond donors (Lipinski definition) is 1. The van der Waals surface area contributed by atoms with E-state index in [1.165, 1.54) is 0 Å². The SMILES string of the molecule is CCCC(=O)C(CCC)c1cc2cccc(OCC(=O)O)c2nc1C. The van der Waals surface area contributed by atoms with Crippen LogP contribution in [0, 0.1) is 6.92 Å². The fraction of sp³-hybridized carbons (Fsp3) is 0.450. The number of Topliss-reactive ketones (excluding diaryl/α,β-unsaturated/α-hetero) is 1. The first kappa shape index (κ1) is 18.9. The lowest BCUT2D eigenvalue weighted by Crippen LogP contribution is -2.14. The minimum absolute atomic E-state index is 0.134. The lowest BCUT2D eigenvalue weighted by Gasteiger charge is -2.18. The summed E-state index contributed by atoms with van der Waals surface area (Å²) in [6.07, 6.45) is 3.15. The Morgan fingerprint density at radius 3 is 2.64 bits per heavy atom. The van der Waals surface area contributed by atoms with Gasteiger partial charge >= 0.3 is 5.97 Å².